The van der Waals surface area contributed by atoms with Crippen LogP contribution in [-0.4, -0.2) is 31.7 Å². The minimum Gasteiger partial charge on any atom is -0.478 e. The highest BCUT2D eigenvalue weighted by molar-refractivity contribution is 7.90. The summed E-state index contributed by atoms with van der Waals surface area (Å²) in [4.78, 5) is 23.8. The number of aromatic carboxylic acids is 1. The van der Waals surface area contributed by atoms with Crippen LogP contribution in [0.3, 0.4) is 0 Å². The molecule has 26 heavy (non-hydrogen) atoms. The highest BCUT2D eigenvalue weighted by Gasteiger charge is 2.28. The molecule has 0 bridgehead atoms. The molecule has 1 amide bonds. The summed E-state index contributed by atoms with van der Waals surface area (Å²) in [6, 6.07) is 13.1. The van der Waals surface area contributed by atoms with Gasteiger partial charge in [0, 0.05) is 17.4 Å². The maximum absolute atomic E-state index is 12.7. The Morgan fingerprint density at radius 2 is 1.69 bits per heavy atom. The molecule has 0 spiro atoms. The zero-order valence-corrected chi connectivity index (χ0v) is 15.6. The van der Waals surface area contributed by atoms with E-state index in [4.69, 9.17) is 0 Å². The van der Waals surface area contributed by atoms with Crippen molar-refractivity contribution >= 4 is 27.4 Å². The first-order valence-electron chi connectivity index (χ1n) is 7.93. The number of anilines is 1. The van der Waals surface area contributed by atoms with E-state index in [0.717, 1.165) is 17.9 Å². The molecule has 0 aliphatic carbocycles. The van der Waals surface area contributed by atoms with Crippen molar-refractivity contribution in [3.05, 3.63) is 59.7 Å². The van der Waals surface area contributed by atoms with E-state index in [1.54, 1.807) is 13.8 Å². The van der Waals surface area contributed by atoms with Crippen LogP contribution >= 0.6 is 0 Å². The Kier molecular flexibility index (Phi) is 5.51. The smallest absolute Gasteiger partial charge is 0.335 e. The summed E-state index contributed by atoms with van der Waals surface area (Å²) in [5.74, 6) is -1.60. The maximum atomic E-state index is 12.7. The number of carboxylic acids is 1. The predicted molar refractivity (Wildman–Crippen MR) is 99.1 cm³/mol. The standard InChI is InChI=1S/C19H21NO5S/c1-19(2,12-13-7-5-4-6-8-13)18(23)20-15-9-14(17(21)22)10-16(11-15)26(3,24)25/h4-11H,12H2,1-3H3,(H,20,23)(H,21,22). The molecule has 0 aliphatic rings. The van der Waals surface area contributed by atoms with Gasteiger partial charge in [0.2, 0.25) is 5.91 Å². The van der Waals surface area contributed by atoms with Crippen LogP contribution in [0, 0.1) is 5.41 Å². The Bertz CT molecular complexity index is 934. The van der Waals surface area contributed by atoms with Gasteiger partial charge in [-0.25, -0.2) is 13.2 Å². The molecule has 2 aromatic carbocycles. The van der Waals surface area contributed by atoms with Crippen LogP contribution in [0.15, 0.2) is 53.4 Å². The van der Waals surface area contributed by atoms with E-state index in [1.165, 1.54) is 12.1 Å². The number of amides is 1. The Hall–Kier alpha value is -2.67. The lowest BCUT2D eigenvalue weighted by Gasteiger charge is -2.24. The summed E-state index contributed by atoms with van der Waals surface area (Å²) >= 11 is 0. The van der Waals surface area contributed by atoms with E-state index in [-0.39, 0.29) is 22.1 Å². The van der Waals surface area contributed by atoms with Crippen molar-refractivity contribution in [1.29, 1.82) is 0 Å². The number of carboxylic acid groups (broad SMARTS) is 1. The van der Waals surface area contributed by atoms with Crippen molar-refractivity contribution in [2.75, 3.05) is 11.6 Å². The molecular weight excluding hydrogens is 354 g/mol. The first-order valence-corrected chi connectivity index (χ1v) is 9.82. The van der Waals surface area contributed by atoms with Crippen molar-refractivity contribution in [1.82, 2.24) is 0 Å². The molecule has 0 unspecified atom stereocenters. The fourth-order valence-corrected chi connectivity index (χ4v) is 3.18. The molecule has 0 aliphatic heterocycles. The second kappa shape index (κ2) is 7.29. The average Bonchev–Trinajstić information content (AvgIpc) is 2.54. The Balaban J connectivity index is 2.30. The summed E-state index contributed by atoms with van der Waals surface area (Å²) in [6.07, 6.45) is 1.47. The van der Waals surface area contributed by atoms with Crippen molar-refractivity contribution < 1.29 is 23.1 Å². The molecule has 2 aromatic rings. The van der Waals surface area contributed by atoms with Gasteiger partial charge in [0.1, 0.15) is 0 Å². The normalized spacial score (nSPS) is 11.8. The summed E-state index contributed by atoms with van der Waals surface area (Å²) < 4.78 is 23.6. The van der Waals surface area contributed by atoms with E-state index in [2.05, 4.69) is 5.32 Å². The highest BCUT2D eigenvalue weighted by Crippen LogP contribution is 2.26. The number of carbonyl (C=O) groups is 2. The second-order valence-electron chi connectivity index (χ2n) is 6.82. The first kappa shape index (κ1) is 19.7. The zero-order chi connectivity index (χ0) is 19.5. The van der Waals surface area contributed by atoms with Gasteiger partial charge in [-0.1, -0.05) is 44.2 Å². The van der Waals surface area contributed by atoms with Crippen molar-refractivity contribution in [3.63, 3.8) is 0 Å². The molecule has 7 heteroatoms. The lowest BCUT2D eigenvalue weighted by molar-refractivity contribution is -0.123. The molecule has 0 radical (unpaired) electrons. The largest absolute Gasteiger partial charge is 0.478 e. The second-order valence-corrected chi connectivity index (χ2v) is 8.84. The zero-order valence-electron chi connectivity index (χ0n) is 14.8. The number of benzene rings is 2. The molecule has 0 saturated carbocycles. The summed E-state index contributed by atoms with van der Waals surface area (Å²) in [6.45, 7) is 3.54. The Labute approximate surface area is 152 Å². The Morgan fingerprint density at radius 1 is 1.08 bits per heavy atom. The molecule has 0 aromatic heterocycles. The van der Waals surface area contributed by atoms with E-state index in [1.807, 2.05) is 30.3 Å². The van der Waals surface area contributed by atoms with Crippen LogP contribution < -0.4 is 5.32 Å². The molecule has 2 rings (SSSR count). The fraction of sp³-hybridized carbons (Fsp3) is 0.263. The van der Waals surface area contributed by atoms with Gasteiger partial charge < -0.3 is 10.4 Å². The Morgan fingerprint density at radius 3 is 2.23 bits per heavy atom. The number of carbonyl (C=O) groups excluding carboxylic acids is 1. The van der Waals surface area contributed by atoms with Crippen molar-refractivity contribution in [2.45, 2.75) is 25.2 Å². The summed E-state index contributed by atoms with van der Waals surface area (Å²) in [7, 11) is -3.62. The average molecular weight is 375 g/mol. The third-order valence-corrected chi connectivity index (χ3v) is 5.04. The highest BCUT2D eigenvalue weighted by atomic mass is 32.2. The van der Waals surface area contributed by atoms with Gasteiger partial charge in [0.15, 0.2) is 9.84 Å². The third kappa shape index (κ3) is 4.92. The minimum absolute atomic E-state index is 0.136. The van der Waals surface area contributed by atoms with Crippen LogP contribution in [0.4, 0.5) is 5.69 Å². The topological polar surface area (TPSA) is 101 Å². The number of rotatable bonds is 6. The molecule has 6 nitrogen and oxygen atoms in total. The monoisotopic (exact) mass is 375 g/mol. The molecule has 0 fully saturated rings. The van der Waals surface area contributed by atoms with Crippen LogP contribution in [0.2, 0.25) is 0 Å². The van der Waals surface area contributed by atoms with Crippen molar-refractivity contribution in [3.8, 4) is 0 Å². The molecule has 138 valence electrons. The molecule has 0 atom stereocenters. The molecule has 0 saturated heterocycles. The molecule has 0 heterocycles. The lowest BCUT2D eigenvalue weighted by atomic mass is 9.84. The van der Waals surface area contributed by atoms with Crippen LogP contribution in [0.1, 0.15) is 29.8 Å². The maximum Gasteiger partial charge on any atom is 0.335 e. The first-order chi connectivity index (χ1) is 12.0. The fourth-order valence-electron chi connectivity index (χ4n) is 2.50. The number of hydrogen-bond donors (Lipinski definition) is 2. The van der Waals surface area contributed by atoms with E-state index >= 15 is 0 Å². The number of hydrogen-bond acceptors (Lipinski definition) is 4. The van der Waals surface area contributed by atoms with E-state index in [9.17, 15) is 23.1 Å². The third-order valence-electron chi connectivity index (χ3n) is 3.94. The number of nitrogens with one attached hydrogen (secondary N) is 1. The predicted octanol–water partition coefficient (Wildman–Crippen LogP) is 3.00. The molecular formula is C19H21NO5S. The van der Waals surface area contributed by atoms with Gasteiger partial charge in [-0.2, -0.15) is 0 Å². The van der Waals surface area contributed by atoms with Gasteiger partial charge in [-0.3, -0.25) is 4.79 Å². The van der Waals surface area contributed by atoms with Crippen molar-refractivity contribution in [2.24, 2.45) is 5.41 Å². The summed E-state index contributed by atoms with van der Waals surface area (Å²) in [5, 5.41) is 11.8. The number of sulfone groups is 1. The van der Waals surface area contributed by atoms with Gasteiger partial charge in [0.05, 0.1) is 10.5 Å². The SMILES string of the molecule is CC(C)(Cc1ccccc1)C(=O)Nc1cc(C(=O)O)cc(S(C)(=O)=O)c1. The van der Waals surface area contributed by atoms with E-state index < -0.39 is 21.2 Å². The van der Waals surface area contributed by atoms with Gasteiger partial charge in [-0.15, -0.1) is 0 Å². The molecule has 2 N–H and O–H groups in total. The van der Waals surface area contributed by atoms with Gasteiger partial charge >= 0.3 is 5.97 Å². The van der Waals surface area contributed by atoms with Crippen LogP contribution in [0.5, 0.6) is 0 Å². The minimum atomic E-state index is -3.62. The van der Waals surface area contributed by atoms with Gasteiger partial charge in [-0.05, 0) is 30.2 Å². The van der Waals surface area contributed by atoms with Gasteiger partial charge in [0.25, 0.3) is 0 Å². The van der Waals surface area contributed by atoms with Crippen LogP contribution in [0.25, 0.3) is 0 Å². The van der Waals surface area contributed by atoms with E-state index in [0.29, 0.717) is 6.42 Å². The quantitative estimate of drug-likeness (QED) is 0.808. The summed E-state index contributed by atoms with van der Waals surface area (Å²) in [5.41, 5.74) is 0.149. The lowest BCUT2D eigenvalue weighted by Crippen LogP contribution is -2.32. The van der Waals surface area contributed by atoms with Crippen LogP contribution in [-0.2, 0) is 21.1 Å².